The van der Waals surface area contributed by atoms with Crippen molar-refractivity contribution >= 4 is 34.2 Å². The van der Waals surface area contributed by atoms with Crippen molar-refractivity contribution < 1.29 is 23.1 Å². The van der Waals surface area contributed by atoms with Crippen LogP contribution in [-0.2, 0) is 6.54 Å². The molecule has 0 unspecified atom stereocenters. The van der Waals surface area contributed by atoms with E-state index >= 15 is 0 Å². The third-order valence-corrected chi connectivity index (χ3v) is 4.43. The van der Waals surface area contributed by atoms with Crippen LogP contribution in [0.4, 0.5) is 10.1 Å². The van der Waals surface area contributed by atoms with E-state index < -0.39 is 11.7 Å². The zero-order chi connectivity index (χ0) is 20.4. The number of carbonyl (C=O) groups is 1. The van der Waals surface area contributed by atoms with Crippen LogP contribution in [0.5, 0.6) is 5.75 Å². The summed E-state index contributed by atoms with van der Waals surface area (Å²) in [5.41, 5.74) is 0.455. The molecule has 0 aliphatic carbocycles. The Kier molecular flexibility index (Phi) is 5.05. The highest BCUT2D eigenvalue weighted by molar-refractivity contribution is 6.32. The molecule has 0 saturated heterocycles. The van der Waals surface area contributed by atoms with Crippen LogP contribution in [0.1, 0.15) is 16.1 Å². The van der Waals surface area contributed by atoms with Gasteiger partial charge in [0.05, 0.1) is 23.5 Å². The molecule has 4 rings (SSSR count). The predicted octanol–water partition coefficient (Wildman–Crippen LogP) is 4.69. The lowest BCUT2D eigenvalue weighted by molar-refractivity contribution is 0.0944. The summed E-state index contributed by atoms with van der Waals surface area (Å²) in [6, 6.07) is 13.2. The van der Waals surface area contributed by atoms with Gasteiger partial charge in [-0.3, -0.25) is 4.79 Å². The van der Waals surface area contributed by atoms with Crippen LogP contribution in [0.15, 0.2) is 74.7 Å². The second-order valence-corrected chi connectivity index (χ2v) is 6.56. The highest BCUT2D eigenvalue weighted by Gasteiger charge is 2.14. The number of fused-ring (bicyclic) bond motifs is 1. The first-order valence-corrected chi connectivity index (χ1v) is 8.94. The number of carbonyl (C=O) groups excluding carboxylic acids is 1. The Bertz CT molecular complexity index is 1270. The van der Waals surface area contributed by atoms with Crippen molar-refractivity contribution in [1.29, 1.82) is 0 Å². The summed E-state index contributed by atoms with van der Waals surface area (Å²) in [5, 5.41) is 13.2. The molecule has 0 bridgehead atoms. The minimum Gasteiger partial charge on any atom is -0.508 e. The molecule has 0 fully saturated rings. The molecule has 2 aromatic carbocycles. The van der Waals surface area contributed by atoms with Crippen LogP contribution >= 0.6 is 11.6 Å². The Balaban J connectivity index is 1.83. The number of benzene rings is 2. The van der Waals surface area contributed by atoms with Crippen LogP contribution < -0.4 is 10.9 Å². The van der Waals surface area contributed by atoms with Crippen LogP contribution in [0.2, 0.25) is 5.02 Å². The molecule has 0 spiro atoms. The van der Waals surface area contributed by atoms with E-state index in [-0.39, 0.29) is 34.1 Å². The number of nitrogens with zero attached hydrogens (tertiary/aromatic N) is 1. The highest BCUT2D eigenvalue weighted by atomic mass is 35.5. The molecule has 8 heteroatoms. The summed E-state index contributed by atoms with van der Waals surface area (Å²) in [4.78, 5) is 17.0. The molecule has 2 aromatic heterocycles. The number of aromatic hydroxyl groups is 1. The maximum atomic E-state index is 13.6. The van der Waals surface area contributed by atoms with Crippen molar-refractivity contribution in [2.75, 3.05) is 0 Å². The van der Waals surface area contributed by atoms with E-state index in [9.17, 15) is 14.3 Å². The number of nitrogens with one attached hydrogen (secondary N) is 1. The average Bonchev–Trinajstić information content (AvgIpc) is 3.22. The molecule has 1 amide bonds. The summed E-state index contributed by atoms with van der Waals surface area (Å²) in [6.07, 6.45) is 1.51. The van der Waals surface area contributed by atoms with Gasteiger partial charge < -0.3 is 19.3 Å². The lowest BCUT2D eigenvalue weighted by Crippen LogP contribution is -2.28. The summed E-state index contributed by atoms with van der Waals surface area (Å²) >= 11 is 6.10. The quantitative estimate of drug-likeness (QED) is 0.509. The van der Waals surface area contributed by atoms with Gasteiger partial charge in [0, 0.05) is 17.5 Å². The normalized spacial score (nSPS) is 11.7. The summed E-state index contributed by atoms with van der Waals surface area (Å²) in [6.45, 7) is 0.166. The van der Waals surface area contributed by atoms with Crippen LogP contribution in [0.3, 0.4) is 0 Å². The largest absolute Gasteiger partial charge is 0.508 e. The van der Waals surface area contributed by atoms with Gasteiger partial charge in [-0.2, -0.15) is 0 Å². The Morgan fingerprint density at radius 2 is 2.03 bits per heavy atom. The van der Waals surface area contributed by atoms with Gasteiger partial charge in [-0.25, -0.2) is 9.38 Å². The molecule has 0 saturated carbocycles. The van der Waals surface area contributed by atoms with E-state index in [0.29, 0.717) is 16.7 Å². The molecular weight excluding hydrogens is 399 g/mol. The molecule has 0 aliphatic rings. The Morgan fingerprint density at radius 3 is 2.83 bits per heavy atom. The number of hydrogen-bond acceptors (Lipinski definition) is 5. The van der Waals surface area contributed by atoms with Crippen molar-refractivity contribution in [2.45, 2.75) is 6.54 Å². The second-order valence-electron chi connectivity index (χ2n) is 6.16. The molecule has 29 heavy (non-hydrogen) atoms. The summed E-state index contributed by atoms with van der Waals surface area (Å²) in [5.74, 6) is -0.430. The zero-order valence-electron chi connectivity index (χ0n) is 14.9. The predicted molar refractivity (Wildman–Crippen MR) is 104 cm³/mol. The highest BCUT2D eigenvalue weighted by Crippen LogP contribution is 2.25. The number of amides is 1. The second kappa shape index (κ2) is 7.81. The fourth-order valence-electron chi connectivity index (χ4n) is 2.71. The van der Waals surface area contributed by atoms with Crippen molar-refractivity contribution in [3.8, 4) is 5.75 Å². The van der Waals surface area contributed by atoms with Gasteiger partial charge in [0.2, 0.25) is 5.55 Å². The lowest BCUT2D eigenvalue weighted by atomic mass is 10.1. The monoisotopic (exact) mass is 412 g/mol. The molecule has 4 aromatic rings. The Morgan fingerprint density at radius 1 is 1.17 bits per heavy atom. The van der Waals surface area contributed by atoms with Gasteiger partial charge in [-0.1, -0.05) is 11.6 Å². The molecule has 6 nitrogen and oxygen atoms in total. The van der Waals surface area contributed by atoms with Crippen molar-refractivity contribution in [2.24, 2.45) is 4.99 Å². The number of halogens is 2. The van der Waals surface area contributed by atoms with Gasteiger partial charge in [-0.05, 0) is 42.5 Å². The summed E-state index contributed by atoms with van der Waals surface area (Å²) in [7, 11) is 0. The summed E-state index contributed by atoms with van der Waals surface area (Å²) < 4.78 is 24.6. The lowest BCUT2D eigenvalue weighted by Gasteiger charge is -2.07. The van der Waals surface area contributed by atoms with E-state index in [2.05, 4.69) is 10.3 Å². The number of phenolic OH excluding ortho intramolecular Hbond substituents is 1. The standard InChI is InChI=1S/C21H14ClFN2O4/c22-17-6-4-13(23)9-18(17)25-21-16(20(27)24-11-15-2-1-7-28-15)8-12-3-5-14(26)10-19(12)29-21/h1-10,26H,11H2,(H,24,27). The smallest absolute Gasteiger partial charge is 0.257 e. The third kappa shape index (κ3) is 4.14. The first-order chi connectivity index (χ1) is 14.0. The topological polar surface area (TPSA) is 88.0 Å². The van der Waals surface area contributed by atoms with E-state index in [1.54, 1.807) is 24.3 Å². The first-order valence-electron chi connectivity index (χ1n) is 8.57. The minimum atomic E-state index is -0.532. The van der Waals surface area contributed by atoms with Crippen LogP contribution in [-0.4, -0.2) is 11.0 Å². The number of furan rings is 1. The maximum Gasteiger partial charge on any atom is 0.257 e. The molecule has 0 aliphatic heterocycles. The van der Waals surface area contributed by atoms with Gasteiger partial charge >= 0.3 is 0 Å². The molecule has 2 heterocycles. The average molecular weight is 413 g/mol. The SMILES string of the molecule is O=C(NCc1ccco1)c1cc2ccc(O)cc2oc1=Nc1cc(F)ccc1Cl. The Labute approximate surface area is 168 Å². The van der Waals surface area contributed by atoms with E-state index in [1.165, 1.54) is 30.5 Å². The molecule has 0 atom stereocenters. The van der Waals surface area contributed by atoms with E-state index in [1.807, 2.05) is 0 Å². The Hall–Kier alpha value is -3.58. The van der Waals surface area contributed by atoms with Crippen LogP contribution in [0, 0.1) is 5.82 Å². The number of phenols is 1. The van der Waals surface area contributed by atoms with Crippen molar-refractivity contribution in [1.82, 2.24) is 5.32 Å². The van der Waals surface area contributed by atoms with Crippen LogP contribution in [0.25, 0.3) is 11.0 Å². The fraction of sp³-hybridized carbons (Fsp3) is 0.0476. The maximum absolute atomic E-state index is 13.6. The zero-order valence-corrected chi connectivity index (χ0v) is 15.6. The van der Waals surface area contributed by atoms with Gasteiger partial charge in [-0.15, -0.1) is 0 Å². The third-order valence-electron chi connectivity index (χ3n) is 4.11. The van der Waals surface area contributed by atoms with Crippen molar-refractivity contribution in [3.63, 3.8) is 0 Å². The van der Waals surface area contributed by atoms with E-state index in [0.717, 1.165) is 6.07 Å². The molecule has 146 valence electrons. The number of rotatable bonds is 4. The minimum absolute atomic E-state index is 0.00833. The number of hydrogen-bond donors (Lipinski definition) is 2. The first kappa shape index (κ1) is 18.8. The van der Waals surface area contributed by atoms with E-state index in [4.69, 9.17) is 20.4 Å². The molecular formula is C21H14ClFN2O4. The molecule has 2 N–H and O–H groups in total. The van der Waals surface area contributed by atoms with Crippen molar-refractivity contribution in [3.05, 3.63) is 88.6 Å². The molecule has 0 radical (unpaired) electrons. The van der Waals surface area contributed by atoms with Gasteiger partial charge in [0.15, 0.2) is 0 Å². The van der Waals surface area contributed by atoms with Gasteiger partial charge in [0.1, 0.15) is 28.5 Å². The fourth-order valence-corrected chi connectivity index (χ4v) is 2.87. The van der Waals surface area contributed by atoms with Gasteiger partial charge in [0.25, 0.3) is 5.91 Å².